The van der Waals surface area contributed by atoms with Crippen molar-refractivity contribution in [1.82, 2.24) is 35.7 Å². The molecule has 9 nitrogen and oxygen atoms in total. The van der Waals surface area contributed by atoms with Crippen LogP contribution in [0.5, 0.6) is 0 Å². The SMILES string of the molecule is Cl.Cn1nnnc1SCCNC(=O)[C@H]1[C@@H]2CNC[C@@H](C2)[C@@H]2CCCC(=O)N21. The van der Waals surface area contributed by atoms with Crippen LogP contribution in [0.2, 0.25) is 0 Å². The lowest BCUT2D eigenvalue weighted by Gasteiger charge is -2.53. The number of tetrazole rings is 1. The molecule has 1 aromatic heterocycles. The summed E-state index contributed by atoms with van der Waals surface area (Å²) in [5, 5.41) is 18.5. The van der Waals surface area contributed by atoms with Crippen LogP contribution in [0.1, 0.15) is 25.7 Å². The van der Waals surface area contributed by atoms with Gasteiger partial charge in [-0.3, -0.25) is 9.59 Å². The number of amides is 2. The molecule has 2 N–H and O–H groups in total. The monoisotopic (exact) mass is 415 g/mol. The fraction of sp³-hybridized carbons (Fsp3) is 0.812. The van der Waals surface area contributed by atoms with E-state index in [0.717, 1.165) is 37.5 Å². The van der Waals surface area contributed by atoms with Crippen LogP contribution in [0.15, 0.2) is 5.16 Å². The van der Waals surface area contributed by atoms with E-state index in [-0.39, 0.29) is 42.2 Å². The van der Waals surface area contributed by atoms with Crippen molar-refractivity contribution in [2.45, 2.75) is 42.9 Å². The maximum Gasteiger partial charge on any atom is 0.243 e. The van der Waals surface area contributed by atoms with Gasteiger partial charge in [-0.15, -0.1) is 17.5 Å². The third-order valence-corrected chi connectivity index (χ3v) is 6.74. The first-order valence-corrected chi connectivity index (χ1v) is 10.3. The predicted octanol–water partition coefficient (Wildman–Crippen LogP) is -0.171. The number of carbonyl (C=O) groups excluding carboxylic acids is 2. The first kappa shape index (κ1) is 20.3. The zero-order chi connectivity index (χ0) is 18.1. The number of piperidine rings is 3. The van der Waals surface area contributed by atoms with Crippen LogP contribution in [0.3, 0.4) is 0 Å². The Morgan fingerprint density at radius 1 is 1.37 bits per heavy atom. The maximum atomic E-state index is 12.9. The average Bonchev–Trinajstić information content (AvgIpc) is 3.05. The first-order valence-electron chi connectivity index (χ1n) is 9.30. The molecule has 0 spiro atoms. The fourth-order valence-corrected chi connectivity index (χ4v) is 5.32. The molecule has 11 heteroatoms. The molecule has 3 aliphatic rings. The van der Waals surface area contributed by atoms with Gasteiger partial charge in [0.25, 0.3) is 0 Å². The van der Waals surface area contributed by atoms with Crippen LogP contribution >= 0.6 is 24.2 Å². The number of fused-ring (bicyclic) bond motifs is 4. The summed E-state index contributed by atoms with van der Waals surface area (Å²) in [5.74, 6) is 1.52. The lowest BCUT2D eigenvalue weighted by molar-refractivity contribution is -0.156. The minimum Gasteiger partial charge on any atom is -0.353 e. The second-order valence-electron chi connectivity index (χ2n) is 7.34. The maximum absolute atomic E-state index is 12.9. The normalized spacial score (nSPS) is 29.7. The second kappa shape index (κ2) is 8.74. The lowest BCUT2D eigenvalue weighted by atomic mass is 9.72. The van der Waals surface area contributed by atoms with Gasteiger partial charge in [-0.25, -0.2) is 4.68 Å². The molecule has 3 saturated heterocycles. The molecule has 4 heterocycles. The van der Waals surface area contributed by atoms with Gasteiger partial charge in [-0.2, -0.15) is 0 Å². The molecule has 3 aliphatic heterocycles. The summed E-state index contributed by atoms with van der Waals surface area (Å²) in [6, 6.07) is -0.117. The average molecular weight is 416 g/mol. The minimum atomic E-state index is -0.335. The Balaban J connectivity index is 0.00000210. The smallest absolute Gasteiger partial charge is 0.243 e. The van der Waals surface area contributed by atoms with E-state index in [2.05, 4.69) is 26.2 Å². The predicted molar refractivity (Wildman–Crippen MR) is 103 cm³/mol. The summed E-state index contributed by atoms with van der Waals surface area (Å²) in [7, 11) is 1.79. The fourth-order valence-electron chi connectivity index (χ4n) is 4.62. The van der Waals surface area contributed by atoms with Crippen LogP contribution in [0.4, 0.5) is 0 Å². The Morgan fingerprint density at radius 2 is 2.19 bits per heavy atom. The molecular formula is C16H26ClN7O2S. The Kier molecular flexibility index (Phi) is 6.59. The number of aromatic nitrogens is 4. The Labute approximate surface area is 168 Å². The van der Waals surface area contributed by atoms with Crippen molar-refractivity contribution in [3.05, 3.63) is 0 Å². The number of hydrogen-bond donors (Lipinski definition) is 2. The second-order valence-corrected chi connectivity index (χ2v) is 8.41. The van der Waals surface area contributed by atoms with Crippen LogP contribution in [0.25, 0.3) is 0 Å². The zero-order valence-corrected chi connectivity index (χ0v) is 17.0. The van der Waals surface area contributed by atoms with Gasteiger partial charge < -0.3 is 15.5 Å². The number of carbonyl (C=O) groups is 2. The van der Waals surface area contributed by atoms with Crippen LogP contribution in [-0.2, 0) is 16.6 Å². The molecule has 2 amide bonds. The molecule has 0 unspecified atom stereocenters. The van der Waals surface area contributed by atoms with Gasteiger partial charge in [0.2, 0.25) is 17.0 Å². The number of nitrogens with one attached hydrogen (secondary N) is 2. The molecule has 2 bridgehead atoms. The molecular weight excluding hydrogens is 390 g/mol. The highest BCUT2D eigenvalue weighted by Gasteiger charge is 2.50. The lowest BCUT2D eigenvalue weighted by Crippen LogP contribution is -2.68. The highest BCUT2D eigenvalue weighted by atomic mass is 35.5. The van der Waals surface area contributed by atoms with Crippen LogP contribution < -0.4 is 10.6 Å². The number of rotatable bonds is 5. The Morgan fingerprint density at radius 3 is 2.96 bits per heavy atom. The van der Waals surface area contributed by atoms with Gasteiger partial charge in [0.15, 0.2) is 0 Å². The van der Waals surface area contributed by atoms with Gasteiger partial charge in [-0.1, -0.05) is 11.8 Å². The number of hydrogen-bond acceptors (Lipinski definition) is 7. The molecule has 4 rings (SSSR count). The summed E-state index contributed by atoms with van der Waals surface area (Å²) in [6.07, 6.45) is 3.57. The van der Waals surface area contributed by atoms with Crippen LogP contribution in [0, 0.1) is 11.8 Å². The summed E-state index contributed by atoms with van der Waals surface area (Å²) >= 11 is 1.50. The Bertz CT molecular complexity index is 687. The molecule has 150 valence electrons. The number of aryl methyl sites for hydroxylation is 1. The Hall–Kier alpha value is -1.39. The van der Waals surface area contributed by atoms with Crippen molar-refractivity contribution in [2.24, 2.45) is 18.9 Å². The summed E-state index contributed by atoms with van der Waals surface area (Å²) < 4.78 is 1.61. The molecule has 3 fully saturated rings. The number of halogens is 1. The van der Waals surface area contributed by atoms with Crippen molar-refractivity contribution in [1.29, 1.82) is 0 Å². The first-order chi connectivity index (χ1) is 12.6. The highest BCUT2D eigenvalue weighted by molar-refractivity contribution is 7.99. The van der Waals surface area contributed by atoms with Gasteiger partial charge in [0.1, 0.15) is 6.04 Å². The van der Waals surface area contributed by atoms with Gasteiger partial charge in [-0.05, 0) is 42.2 Å². The van der Waals surface area contributed by atoms with Gasteiger partial charge in [0, 0.05) is 44.3 Å². The number of thioether (sulfide) groups is 1. The topological polar surface area (TPSA) is 105 Å². The van der Waals surface area contributed by atoms with E-state index in [9.17, 15) is 9.59 Å². The van der Waals surface area contributed by atoms with Crippen molar-refractivity contribution < 1.29 is 9.59 Å². The van der Waals surface area contributed by atoms with E-state index < -0.39 is 0 Å². The standard InChI is InChI=1S/C16H25N7O2S.ClH/c1-22-16(19-20-21-22)26-6-5-18-15(25)14-11-7-10(8-17-9-11)12-3-2-4-13(24)23(12)14;/h10-12,14,17H,2-9H2,1H3,(H,18,25);1H/t10-,11+,12+,14-;/m1./s1. The summed E-state index contributed by atoms with van der Waals surface area (Å²) in [5.41, 5.74) is 0. The third-order valence-electron chi connectivity index (χ3n) is 5.73. The molecule has 1 aromatic rings. The molecule has 0 aliphatic carbocycles. The van der Waals surface area contributed by atoms with Crippen molar-refractivity contribution >= 4 is 36.0 Å². The molecule has 27 heavy (non-hydrogen) atoms. The quantitative estimate of drug-likeness (QED) is 0.508. The molecule has 0 radical (unpaired) electrons. The van der Waals surface area contributed by atoms with Gasteiger partial charge in [0.05, 0.1) is 0 Å². The van der Waals surface area contributed by atoms with E-state index in [0.29, 0.717) is 24.6 Å². The summed E-state index contributed by atoms with van der Waals surface area (Å²) in [6.45, 7) is 2.30. The van der Waals surface area contributed by atoms with Gasteiger partial charge >= 0.3 is 0 Å². The zero-order valence-electron chi connectivity index (χ0n) is 15.3. The van der Waals surface area contributed by atoms with E-state index in [4.69, 9.17) is 0 Å². The minimum absolute atomic E-state index is 0. The third kappa shape index (κ3) is 4.07. The van der Waals surface area contributed by atoms with Crippen molar-refractivity contribution in [3.63, 3.8) is 0 Å². The largest absolute Gasteiger partial charge is 0.353 e. The van der Waals surface area contributed by atoms with Crippen LogP contribution in [-0.4, -0.2) is 74.4 Å². The van der Waals surface area contributed by atoms with E-state index >= 15 is 0 Å². The van der Waals surface area contributed by atoms with Crippen molar-refractivity contribution in [2.75, 3.05) is 25.4 Å². The van der Waals surface area contributed by atoms with Crippen molar-refractivity contribution in [3.8, 4) is 0 Å². The number of nitrogens with zero attached hydrogens (tertiary/aromatic N) is 5. The molecule has 0 saturated carbocycles. The van der Waals surface area contributed by atoms with E-state index in [1.54, 1.807) is 11.7 Å². The van der Waals surface area contributed by atoms with E-state index in [1.165, 1.54) is 11.8 Å². The molecule has 0 aromatic carbocycles. The van der Waals surface area contributed by atoms with E-state index in [1.807, 2.05) is 4.90 Å². The highest BCUT2D eigenvalue weighted by Crippen LogP contribution is 2.39. The molecule has 4 atom stereocenters. The summed E-state index contributed by atoms with van der Waals surface area (Å²) in [4.78, 5) is 27.5.